The molecule has 0 radical (unpaired) electrons. The summed E-state index contributed by atoms with van der Waals surface area (Å²) >= 11 is 12.8. The molecule has 34 heavy (non-hydrogen) atoms. The minimum absolute atomic E-state index is 0.186. The van der Waals surface area contributed by atoms with Crippen LogP contribution in [-0.2, 0) is 4.84 Å². The quantitative estimate of drug-likeness (QED) is 0.388. The first kappa shape index (κ1) is 23.9. The largest absolute Gasteiger partial charge is 0.478 e. The van der Waals surface area contributed by atoms with E-state index in [9.17, 15) is 4.79 Å². The minimum Gasteiger partial charge on any atom is -0.478 e. The first-order valence-corrected chi connectivity index (χ1v) is 11.4. The standard InChI is InChI=1S/C25H22Cl2N2O5/c1-14(2)24-18(23(29-34-24)22-19(26)4-3-5-20(22)27)13-32-21-11-10-17(12-28-21)33-16-8-6-15(7-9-16)25(30)31/h3-12,14,18,24H,13H2,1-2H3,(H,30,31). The van der Waals surface area contributed by atoms with E-state index in [0.29, 0.717) is 38.7 Å². The van der Waals surface area contributed by atoms with Crippen LogP contribution in [0.15, 0.2) is 65.9 Å². The Balaban J connectivity index is 1.44. The summed E-state index contributed by atoms with van der Waals surface area (Å²) in [6.45, 7) is 4.38. The number of ether oxygens (including phenoxy) is 2. The normalized spacial score (nSPS) is 17.3. The molecule has 7 nitrogen and oxygen atoms in total. The van der Waals surface area contributed by atoms with Crippen LogP contribution >= 0.6 is 23.2 Å². The van der Waals surface area contributed by atoms with Crippen LogP contribution in [0.1, 0.15) is 29.8 Å². The molecule has 2 heterocycles. The Labute approximate surface area is 206 Å². The molecule has 2 unspecified atom stereocenters. The van der Waals surface area contributed by atoms with Crippen LogP contribution in [0.2, 0.25) is 10.0 Å². The van der Waals surface area contributed by atoms with Crippen molar-refractivity contribution in [2.75, 3.05) is 6.61 Å². The fraction of sp³-hybridized carbons (Fsp3) is 0.240. The van der Waals surface area contributed by atoms with Gasteiger partial charge in [-0.1, -0.05) is 48.3 Å². The number of halogens is 2. The molecule has 1 aromatic heterocycles. The number of oxime groups is 1. The lowest BCUT2D eigenvalue weighted by atomic mass is 9.87. The van der Waals surface area contributed by atoms with Gasteiger partial charge in [-0.15, -0.1) is 0 Å². The number of nitrogens with zero attached hydrogens (tertiary/aromatic N) is 2. The molecule has 0 aliphatic carbocycles. The fourth-order valence-electron chi connectivity index (χ4n) is 3.64. The number of rotatable bonds is 8. The molecule has 9 heteroatoms. The van der Waals surface area contributed by atoms with Gasteiger partial charge in [0.05, 0.1) is 27.7 Å². The van der Waals surface area contributed by atoms with Gasteiger partial charge in [-0.2, -0.15) is 0 Å². The van der Waals surface area contributed by atoms with Gasteiger partial charge in [0.25, 0.3) is 0 Å². The van der Waals surface area contributed by atoms with Crippen LogP contribution in [0.25, 0.3) is 0 Å². The average molecular weight is 501 g/mol. The van der Waals surface area contributed by atoms with Gasteiger partial charge < -0.3 is 19.4 Å². The molecule has 4 rings (SSSR count). The minimum atomic E-state index is -0.993. The highest BCUT2D eigenvalue weighted by Gasteiger charge is 2.39. The Morgan fingerprint density at radius 3 is 2.32 bits per heavy atom. The summed E-state index contributed by atoms with van der Waals surface area (Å²) < 4.78 is 11.7. The molecule has 3 aromatic rings. The van der Waals surface area contributed by atoms with E-state index in [-0.39, 0.29) is 30.1 Å². The van der Waals surface area contributed by atoms with Crippen molar-refractivity contribution < 1.29 is 24.2 Å². The van der Waals surface area contributed by atoms with Crippen molar-refractivity contribution in [2.24, 2.45) is 17.0 Å². The van der Waals surface area contributed by atoms with E-state index in [0.717, 1.165) is 0 Å². The van der Waals surface area contributed by atoms with Gasteiger partial charge in [-0.05, 0) is 48.4 Å². The zero-order chi connectivity index (χ0) is 24.2. The molecule has 1 N–H and O–H groups in total. The van der Waals surface area contributed by atoms with E-state index < -0.39 is 5.97 Å². The van der Waals surface area contributed by atoms with Crippen LogP contribution < -0.4 is 9.47 Å². The second-order valence-corrected chi connectivity index (χ2v) is 8.88. The van der Waals surface area contributed by atoms with Gasteiger partial charge in [-0.3, -0.25) is 0 Å². The number of pyridine rings is 1. The summed E-state index contributed by atoms with van der Waals surface area (Å²) in [5, 5.41) is 14.3. The summed E-state index contributed by atoms with van der Waals surface area (Å²) in [4.78, 5) is 21.0. The summed E-state index contributed by atoms with van der Waals surface area (Å²) in [7, 11) is 0. The lowest BCUT2D eigenvalue weighted by Crippen LogP contribution is -2.33. The molecule has 0 spiro atoms. The van der Waals surface area contributed by atoms with Gasteiger partial charge in [-0.25, -0.2) is 9.78 Å². The van der Waals surface area contributed by atoms with Crippen molar-refractivity contribution in [1.82, 2.24) is 4.98 Å². The Bertz CT molecular complexity index is 1180. The van der Waals surface area contributed by atoms with E-state index >= 15 is 0 Å². The Kier molecular flexibility index (Phi) is 7.24. The smallest absolute Gasteiger partial charge is 0.335 e. The van der Waals surface area contributed by atoms with E-state index in [4.69, 9.17) is 42.6 Å². The molecule has 0 bridgehead atoms. The number of aromatic nitrogens is 1. The molecule has 0 saturated carbocycles. The maximum absolute atomic E-state index is 11.0. The predicted molar refractivity (Wildman–Crippen MR) is 129 cm³/mol. The number of benzene rings is 2. The Hall–Kier alpha value is -3.29. The first-order valence-electron chi connectivity index (χ1n) is 10.6. The number of carbonyl (C=O) groups is 1. The number of carboxylic acids is 1. The molecule has 0 saturated heterocycles. The van der Waals surface area contributed by atoms with E-state index in [1.807, 2.05) is 0 Å². The van der Waals surface area contributed by atoms with E-state index in [1.54, 1.807) is 42.5 Å². The maximum Gasteiger partial charge on any atom is 0.335 e. The third-order valence-corrected chi connectivity index (χ3v) is 5.98. The van der Waals surface area contributed by atoms with Crippen LogP contribution in [0.5, 0.6) is 17.4 Å². The number of hydrogen-bond acceptors (Lipinski definition) is 6. The van der Waals surface area contributed by atoms with Crippen LogP contribution in [0.4, 0.5) is 0 Å². The molecular weight excluding hydrogens is 479 g/mol. The second kappa shape index (κ2) is 10.3. The number of carboxylic acid groups (broad SMARTS) is 1. The maximum atomic E-state index is 11.0. The van der Waals surface area contributed by atoms with Crippen molar-refractivity contribution in [3.8, 4) is 17.4 Å². The summed E-state index contributed by atoms with van der Waals surface area (Å²) in [6.07, 6.45) is 1.34. The molecule has 1 aliphatic rings. The third kappa shape index (κ3) is 5.26. The fourth-order valence-corrected chi connectivity index (χ4v) is 4.23. The highest BCUT2D eigenvalue weighted by atomic mass is 35.5. The SMILES string of the molecule is CC(C)C1ON=C(c2c(Cl)cccc2Cl)C1COc1ccc(Oc2ccc(C(=O)O)cc2)cn1. The molecule has 176 valence electrons. The van der Waals surface area contributed by atoms with Gasteiger partial charge in [0.15, 0.2) is 0 Å². The zero-order valence-corrected chi connectivity index (χ0v) is 20.0. The van der Waals surface area contributed by atoms with Crippen molar-refractivity contribution in [3.05, 3.63) is 82.0 Å². The molecule has 0 fully saturated rings. The summed E-state index contributed by atoms with van der Waals surface area (Å²) in [6, 6.07) is 14.8. The van der Waals surface area contributed by atoms with Gasteiger partial charge in [0, 0.05) is 11.6 Å². The third-order valence-electron chi connectivity index (χ3n) is 5.35. The van der Waals surface area contributed by atoms with Crippen molar-refractivity contribution in [1.29, 1.82) is 0 Å². The highest BCUT2D eigenvalue weighted by Crippen LogP contribution is 2.35. The van der Waals surface area contributed by atoms with E-state index in [2.05, 4.69) is 24.0 Å². The Morgan fingerprint density at radius 1 is 1.06 bits per heavy atom. The molecular formula is C25H22Cl2N2O5. The summed E-state index contributed by atoms with van der Waals surface area (Å²) in [5.41, 5.74) is 1.48. The van der Waals surface area contributed by atoms with Crippen molar-refractivity contribution in [2.45, 2.75) is 20.0 Å². The molecule has 0 amide bonds. The predicted octanol–water partition coefficient (Wildman–Crippen LogP) is 6.33. The lowest BCUT2D eigenvalue weighted by Gasteiger charge is -2.22. The number of hydrogen-bond donors (Lipinski definition) is 1. The van der Waals surface area contributed by atoms with E-state index in [1.165, 1.54) is 18.3 Å². The molecule has 2 atom stereocenters. The van der Waals surface area contributed by atoms with Crippen LogP contribution in [0.3, 0.4) is 0 Å². The highest BCUT2D eigenvalue weighted by molar-refractivity contribution is 6.40. The van der Waals surface area contributed by atoms with Crippen LogP contribution in [0, 0.1) is 11.8 Å². The number of aromatic carboxylic acids is 1. The van der Waals surface area contributed by atoms with Crippen molar-refractivity contribution >= 4 is 34.9 Å². The average Bonchev–Trinajstić information content (AvgIpc) is 3.23. The van der Waals surface area contributed by atoms with Gasteiger partial charge in [0.2, 0.25) is 5.88 Å². The van der Waals surface area contributed by atoms with Gasteiger partial charge in [0.1, 0.15) is 29.9 Å². The lowest BCUT2D eigenvalue weighted by molar-refractivity contribution is 0.0174. The topological polar surface area (TPSA) is 90.2 Å². The van der Waals surface area contributed by atoms with Crippen LogP contribution in [-0.4, -0.2) is 34.5 Å². The van der Waals surface area contributed by atoms with Gasteiger partial charge >= 0.3 is 5.97 Å². The second-order valence-electron chi connectivity index (χ2n) is 8.07. The summed E-state index contributed by atoms with van der Waals surface area (Å²) in [5.74, 6) is 0.403. The first-order chi connectivity index (χ1) is 16.3. The molecule has 2 aromatic carbocycles. The van der Waals surface area contributed by atoms with Crippen molar-refractivity contribution in [3.63, 3.8) is 0 Å². The zero-order valence-electron chi connectivity index (χ0n) is 18.4. The monoisotopic (exact) mass is 500 g/mol. The Morgan fingerprint density at radius 2 is 1.74 bits per heavy atom. The molecule has 1 aliphatic heterocycles.